The minimum atomic E-state index is -0.466. The van der Waals surface area contributed by atoms with Crippen molar-refractivity contribution in [3.63, 3.8) is 0 Å². The average Bonchev–Trinajstić information content (AvgIpc) is 2.38. The van der Waals surface area contributed by atoms with Crippen LogP contribution >= 0.6 is 23.2 Å². The van der Waals surface area contributed by atoms with Gasteiger partial charge in [-0.05, 0) is 26.0 Å². The van der Waals surface area contributed by atoms with E-state index >= 15 is 0 Å². The summed E-state index contributed by atoms with van der Waals surface area (Å²) >= 11 is 11.9. The lowest BCUT2D eigenvalue weighted by Crippen LogP contribution is -2.48. The Kier molecular flexibility index (Phi) is 4.40. The third-order valence-electron chi connectivity index (χ3n) is 2.93. The average molecular weight is 317 g/mol. The zero-order valence-corrected chi connectivity index (χ0v) is 12.6. The molecule has 1 unspecified atom stereocenters. The molecule has 0 fully saturated rings. The van der Waals surface area contributed by atoms with Crippen molar-refractivity contribution in [2.24, 2.45) is 0 Å². The number of anilines is 2. The Labute approximate surface area is 126 Å². The summed E-state index contributed by atoms with van der Waals surface area (Å²) in [6, 6.07) is 2.75. The van der Waals surface area contributed by atoms with E-state index in [4.69, 9.17) is 27.9 Å². The second-order valence-electron chi connectivity index (χ2n) is 4.38. The number of carbonyl (C=O) groups is 2. The van der Waals surface area contributed by atoms with Crippen LogP contribution in [0.5, 0.6) is 0 Å². The first-order valence-corrected chi connectivity index (χ1v) is 6.92. The fourth-order valence-corrected chi connectivity index (χ4v) is 2.34. The normalized spacial score (nSPS) is 17.5. The maximum absolute atomic E-state index is 12.2. The molecule has 1 N–H and O–H groups in total. The number of hydrogen-bond donors (Lipinski definition) is 1. The van der Waals surface area contributed by atoms with E-state index in [1.165, 1.54) is 4.90 Å². The van der Waals surface area contributed by atoms with Crippen LogP contribution in [0, 0.1) is 0 Å². The first-order chi connectivity index (χ1) is 9.43. The van der Waals surface area contributed by atoms with Crippen molar-refractivity contribution in [2.75, 3.05) is 23.4 Å². The van der Waals surface area contributed by atoms with Crippen LogP contribution in [0.15, 0.2) is 12.1 Å². The Morgan fingerprint density at radius 1 is 1.40 bits per heavy atom. The molecule has 5 nitrogen and oxygen atoms in total. The molecule has 1 heterocycles. The van der Waals surface area contributed by atoms with E-state index in [1.807, 2.05) is 0 Å². The summed E-state index contributed by atoms with van der Waals surface area (Å²) in [6.45, 7) is 3.54. The highest BCUT2D eigenvalue weighted by atomic mass is 35.5. The Bertz CT molecular complexity index is 563. The van der Waals surface area contributed by atoms with Crippen LogP contribution in [0.25, 0.3) is 0 Å². The van der Waals surface area contributed by atoms with Gasteiger partial charge in [0.15, 0.2) is 0 Å². The van der Waals surface area contributed by atoms with Crippen molar-refractivity contribution in [1.82, 2.24) is 0 Å². The molecule has 1 aromatic carbocycles. The predicted molar refractivity (Wildman–Crippen MR) is 78.5 cm³/mol. The van der Waals surface area contributed by atoms with Crippen molar-refractivity contribution in [3.8, 4) is 0 Å². The van der Waals surface area contributed by atoms with Crippen molar-refractivity contribution >= 4 is 46.5 Å². The predicted octanol–water partition coefficient (Wildman–Crippen LogP) is 2.70. The summed E-state index contributed by atoms with van der Waals surface area (Å²) in [5.74, 6) is -0.684. The van der Waals surface area contributed by atoms with Gasteiger partial charge < -0.3 is 10.1 Å². The second-order valence-corrected chi connectivity index (χ2v) is 5.19. The number of amides is 1. The minimum Gasteiger partial charge on any atom is -0.465 e. The number of benzene rings is 1. The number of rotatable bonds is 3. The van der Waals surface area contributed by atoms with Gasteiger partial charge in [-0.1, -0.05) is 23.2 Å². The summed E-state index contributed by atoms with van der Waals surface area (Å²) in [7, 11) is 0. The number of fused-ring (bicyclic) bond motifs is 1. The van der Waals surface area contributed by atoms with E-state index in [1.54, 1.807) is 26.0 Å². The van der Waals surface area contributed by atoms with Gasteiger partial charge in [-0.25, -0.2) is 0 Å². The molecule has 1 aliphatic heterocycles. The van der Waals surface area contributed by atoms with Gasteiger partial charge in [0, 0.05) is 0 Å². The molecule has 7 heteroatoms. The molecule has 0 aliphatic carbocycles. The van der Waals surface area contributed by atoms with Crippen LogP contribution in [0.4, 0.5) is 11.4 Å². The lowest BCUT2D eigenvalue weighted by Gasteiger charge is -2.33. The van der Waals surface area contributed by atoms with E-state index in [9.17, 15) is 9.59 Å². The van der Waals surface area contributed by atoms with Gasteiger partial charge in [-0.2, -0.15) is 0 Å². The maximum Gasteiger partial charge on any atom is 0.326 e. The highest BCUT2D eigenvalue weighted by molar-refractivity contribution is 6.42. The van der Waals surface area contributed by atoms with Gasteiger partial charge in [0.25, 0.3) is 0 Å². The van der Waals surface area contributed by atoms with Gasteiger partial charge in [0.2, 0.25) is 5.91 Å². The molecule has 0 radical (unpaired) electrons. The lowest BCUT2D eigenvalue weighted by molar-refractivity contribution is -0.142. The number of esters is 1. The second kappa shape index (κ2) is 5.89. The summed E-state index contributed by atoms with van der Waals surface area (Å²) in [4.78, 5) is 25.2. The number of carbonyl (C=O) groups excluding carboxylic acids is 2. The molecular weight excluding hydrogens is 303 g/mol. The standard InChI is InChI=1S/C13H14Cl2N2O3/c1-3-20-12(18)6-17-11-5-9(15)8(14)4-10(11)16-7(2)13(17)19/h4-5,7,16H,3,6H2,1-2H3. The molecule has 1 aromatic rings. The van der Waals surface area contributed by atoms with Gasteiger partial charge in [-0.15, -0.1) is 0 Å². The van der Waals surface area contributed by atoms with Crippen LogP contribution in [-0.2, 0) is 14.3 Å². The molecule has 1 aliphatic rings. The lowest BCUT2D eigenvalue weighted by atomic mass is 10.1. The van der Waals surface area contributed by atoms with Crippen molar-refractivity contribution in [3.05, 3.63) is 22.2 Å². The zero-order chi connectivity index (χ0) is 14.9. The summed E-state index contributed by atoms with van der Waals surface area (Å²) < 4.78 is 4.88. The molecule has 0 spiro atoms. The van der Waals surface area contributed by atoms with E-state index in [0.717, 1.165) is 0 Å². The highest BCUT2D eigenvalue weighted by Gasteiger charge is 2.32. The van der Waals surface area contributed by atoms with Gasteiger partial charge >= 0.3 is 5.97 Å². The maximum atomic E-state index is 12.2. The summed E-state index contributed by atoms with van der Waals surface area (Å²) in [5.41, 5.74) is 1.19. The fraction of sp³-hybridized carbons (Fsp3) is 0.385. The molecule has 1 atom stereocenters. The van der Waals surface area contributed by atoms with E-state index in [2.05, 4.69) is 5.32 Å². The van der Waals surface area contributed by atoms with Crippen LogP contribution < -0.4 is 10.2 Å². The van der Waals surface area contributed by atoms with E-state index < -0.39 is 12.0 Å². The number of nitrogens with zero attached hydrogens (tertiary/aromatic N) is 1. The summed E-state index contributed by atoms with van der Waals surface area (Å²) in [6.07, 6.45) is 0. The topological polar surface area (TPSA) is 58.6 Å². The smallest absolute Gasteiger partial charge is 0.326 e. The van der Waals surface area contributed by atoms with Crippen LogP contribution in [0.3, 0.4) is 0 Å². The Morgan fingerprint density at radius 2 is 2.05 bits per heavy atom. The molecule has 2 rings (SSSR count). The molecule has 0 aromatic heterocycles. The molecule has 108 valence electrons. The molecule has 0 saturated carbocycles. The minimum absolute atomic E-state index is 0.149. The van der Waals surface area contributed by atoms with Crippen LogP contribution in [-0.4, -0.2) is 31.1 Å². The number of hydrogen-bond acceptors (Lipinski definition) is 4. The monoisotopic (exact) mass is 316 g/mol. The first-order valence-electron chi connectivity index (χ1n) is 6.16. The third-order valence-corrected chi connectivity index (χ3v) is 3.65. The molecule has 1 amide bonds. The Hall–Kier alpha value is -1.46. The summed E-state index contributed by atoms with van der Waals surface area (Å²) in [5, 5.41) is 3.73. The van der Waals surface area contributed by atoms with Gasteiger partial charge in [0.05, 0.1) is 28.0 Å². The number of nitrogens with one attached hydrogen (secondary N) is 1. The van der Waals surface area contributed by atoms with Crippen molar-refractivity contribution in [2.45, 2.75) is 19.9 Å². The molecule has 20 heavy (non-hydrogen) atoms. The number of ether oxygens (including phenoxy) is 1. The van der Waals surface area contributed by atoms with E-state index in [-0.39, 0.29) is 19.1 Å². The molecule has 0 bridgehead atoms. The van der Waals surface area contributed by atoms with E-state index in [0.29, 0.717) is 21.4 Å². The number of halogens is 2. The Morgan fingerprint density at radius 3 is 2.70 bits per heavy atom. The molecular formula is C13H14Cl2N2O3. The largest absolute Gasteiger partial charge is 0.465 e. The van der Waals surface area contributed by atoms with Gasteiger partial charge in [-0.3, -0.25) is 14.5 Å². The van der Waals surface area contributed by atoms with Gasteiger partial charge in [0.1, 0.15) is 12.6 Å². The van der Waals surface area contributed by atoms with Crippen molar-refractivity contribution in [1.29, 1.82) is 0 Å². The zero-order valence-electron chi connectivity index (χ0n) is 11.1. The molecule has 0 saturated heterocycles. The van der Waals surface area contributed by atoms with Crippen LogP contribution in [0.1, 0.15) is 13.8 Å². The fourth-order valence-electron chi connectivity index (χ4n) is 2.02. The SMILES string of the molecule is CCOC(=O)CN1C(=O)C(C)Nc2cc(Cl)c(Cl)cc21. The van der Waals surface area contributed by atoms with Crippen molar-refractivity contribution < 1.29 is 14.3 Å². The highest BCUT2D eigenvalue weighted by Crippen LogP contribution is 2.38. The third kappa shape index (κ3) is 2.83. The quantitative estimate of drug-likeness (QED) is 0.871. The first kappa shape index (κ1) is 14.9. The van der Waals surface area contributed by atoms with Crippen LogP contribution in [0.2, 0.25) is 10.0 Å². The Balaban J connectivity index is 2.38.